The van der Waals surface area contributed by atoms with Crippen molar-refractivity contribution >= 4 is 17.7 Å². The van der Waals surface area contributed by atoms with E-state index < -0.39 is 12.0 Å². The van der Waals surface area contributed by atoms with Crippen LogP contribution >= 0.6 is 11.8 Å². The third-order valence-electron chi connectivity index (χ3n) is 3.05. The molecule has 0 saturated carbocycles. The molecule has 7 heteroatoms. The Morgan fingerprint density at radius 2 is 2.20 bits per heavy atom. The quantitative estimate of drug-likeness (QED) is 0.877. The summed E-state index contributed by atoms with van der Waals surface area (Å²) in [7, 11) is 0. The number of aromatic nitrogens is 4. The van der Waals surface area contributed by atoms with Crippen molar-refractivity contribution in [2.45, 2.75) is 19.4 Å². The van der Waals surface area contributed by atoms with Gasteiger partial charge in [0.05, 0.1) is 0 Å². The average Bonchev–Trinajstić information content (AvgIpc) is 2.88. The molecule has 0 radical (unpaired) electrons. The summed E-state index contributed by atoms with van der Waals surface area (Å²) in [5, 5.41) is 20.9. The number of carboxylic acids is 1. The van der Waals surface area contributed by atoms with Gasteiger partial charge in [0, 0.05) is 5.56 Å². The number of benzene rings is 1. The van der Waals surface area contributed by atoms with E-state index in [-0.39, 0.29) is 0 Å². The van der Waals surface area contributed by atoms with Crippen molar-refractivity contribution < 1.29 is 9.90 Å². The van der Waals surface area contributed by atoms with E-state index in [1.54, 1.807) is 11.8 Å². The number of carbonyl (C=O) groups is 1. The van der Waals surface area contributed by atoms with Crippen LogP contribution in [0.15, 0.2) is 24.3 Å². The zero-order valence-corrected chi connectivity index (χ0v) is 12.2. The van der Waals surface area contributed by atoms with Gasteiger partial charge in [0.25, 0.3) is 0 Å². The molecule has 0 amide bonds. The number of rotatable bonds is 6. The highest BCUT2D eigenvalue weighted by Crippen LogP contribution is 2.24. The van der Waals surface area contributed by atoms with Crippen LogP contribution in [0.1, 0.15) is 18.0 Å². The first-order valence-electron chi connectivity index (χ1n) is 6.20. The van der Waals surface area contributed by atoms with Gasteiger partial charge >= 0.3 is 5.97 Å². The smallest absolute Gasteiger partial charge is 0.328 e. The Labute approximate surface area is 121 Å². The van der Waals surface area contributed by atoms with Crippen LogP contribution in [0.25, 0.3) is 11.4 Å². The molecule has 1 atom stereocenters. The van der Waals surface area contributed by atoms with E-state index in [2.05, 4.69) is 15.5 Å². The van der Waals surface area contributed by atoms with E-state index in [0.717, 1.165) is 16.9 Å². The zero-order valence-electron chi connectivity index (χ0n) is 11.4. The maximum Gasteiger partial charge on any atom is 0.328 e. The van der Waals surface area contributed by atoms with Gasteiger partial charge in [0.1, 0.15) is 0 Å². The molecule has 2 rings (SSSR count). The molecule has 1 N–H and O–H groups in total. The van der Waals surface area contributed by atoms with Crippen molar-refractivity contribution in [2.75, 3.05) is 12.0 Å². The number of aryl methyl sites for hydroxylation is 1. The lowest BCUT2D eigenvalue weighted by Crippen LogP contribution is -2.22. The van der Waals surface area contributed by atoms with Crippen molar-refractivity contribution in [3.05, 3.63) is 29.8 Å². The van der Waals surface area contributed by atoms with Gasteiger partial charge < -0.3 is 5.11 Å². The molecule has 1 heterocycles. The molecule has 0 saturated heterocycles. The third-order valence-corrected chi connectivity index (χ3v) is 3.70. The molecule has 1 aromatic heterocycles. The molecular weight excluding hydrogens is 276 g/mol. The summed E-state index contributed by atoms with van der Waals surface area (Å²) in [6.07, 6.45) is 2.43. The van der Waals surface area contributed by atoms with Gasteiger partial charge in [-0.15, -0.1) is 5.10 Å². The van der Waals surface area contributed by atoms with Crippen LogP contribution in [0, 0.1) is 6.92 Å². The summed E-state index contributed by atoms with van der Waals surface area (Å²) in [5.41, 5.74) is 1.87. The van der Waals surface area contributed by atoms with Crippen molar-refractivity contribution in [1.29, 1.82) is 0 Å². The summed E-state index contributed by atoms with van der Waals surface area (Å²) in [6.45, 7) is 1.95. The first-order chi connectivity index (χ1) is 9.65. The minimum atomic E-state index is -0.916. The predicted octanol–water partition coefficient (Wildman–Crippen LogP) is 2.03. The number of thioether (sulfide) groups is 1. The van der Waals surface area contributed by atoms with E-state index in [1.165, 1.54) is 4.68 Å². The Bertz CT molecular complexity index is 600. The highest BCUT2D eigenvalue weighted by molar-refractivity contribution is 7.98. The molecule has 0 aliphatic carbocycles. The normalized spacial score (nSPS) is 12.3. The molecular formula is C13H16N4O2S. The van der Waals surface area contributed by atoms with Gasteiger partial charge in [-0.25, -0.2) is 9.48 Å². The second kappa shape index (κ2) is 6.51. The number of aliphatic carboxylic acids is 1. The fourth-order valence-corrected chi connectivity index (χ4v) is 2.44. The van der Waals surface area contributed by atoms with Crippen LogP contribution in [0.5, 0.6) is 0 Å². The Morgan fingerprint density at radius 1 is 1.45 bits per heavy atom. The van der Waals surface area contributed by atoms with E-state index in [1.807, 2.05) is 37.4 Å². The molecule has 6 nitrogen and oxygen atoms in total. The number of carboxylic acid groups (broad SMARTS) is 1. The minimum Gasteiger partial charge on any atom is -0.480 e. The first kappa shape index (κ1) is 14.5. The lowest BCUT2D eigenvalue weighted by Gasteiger charge is -2.14. The highest BCUT2D eigenvalue weighted by Gasteiger charge is 2.25. The molecule has 1 unspecified atom stereocenters. The zero-order chi connectivity index (χ0) is 14.5. The minimum absolute atomic E-state index is 0.487. The van der Waals surface area contributed by atoms with Gasteiger partial charge in [0.2, 0.25) is 0 Å². The number of tetrazole rings is 1. The fourth-order valence-electron chi connectivity index (χ4n) is 1.98. The van der Waals surface area contributed by atoms with Crippen LogP contribution < -0.4 is 0 Å². The van der Waals surface area contributed by atoms with Crippen molar-refractivity contribution in [2.24, 2.45) is 0 Å². The largest absolute Gasteiger partial charge is 0.480 e. The molecule has 20 heavy (non-hydrogen) atoms. The van der Waals surface area contributed by atoms with Crippen LogP contribution in [-0.4, -0.2) is 43.3 Å². The van der Waals surface area contributed by atoms with Gasteiger partial charge in [-0.05, 0) is 41.3 Å². The molecule has 2 aromatic rings. The van der Waals surface area contributed by atoms with Crippen molar-refractivity contribution in [3.63, 3.8) is 0 Å². The molecule has 0 spiro atoms. The van der Waals surface area contributed by atoms with Gasteiger partial charge in [-0.1, -0.05) is 24.3 Å². The molecule has 1 aromatic carbocycles. The third kappa shape index (κ3) is 2.98. The predicted molar refractivity (Wildman–Crippen MR) is 77.7 cm³/mol. The topological polar surface area (TPSA) is 80.9 Å². The molecule has 0 fully saturated rings. The summed E-state index contributed by atoms with van der Waals surface area (Å²) in [5.74, 6) is 0.321. The van der Waals surface area contributed by atoms with Gasteiger partial charge in [0.15, 0.2) is 11.9 Å². The Balaban J connectivity index is 2.41. The highest BCUT2D eigenvalue weighted by atomic mass is 32.2. The Morgan fingerprint density at radius 3 is 2.85 bits per heavy atom. The van der Waals surface area contributed by atoms with Crippen molar-refractivity contribution in [1.82, 2.24) is 20.2 Å². The monoisotopic (exact) mass is 292 g/mol. The Hall–Kier alpha value is -1.89. The average molecular weight is 292 g/mol. The standard InChI is InChI=1S/C13H16N4O2S/c1-9-5-3-4-6-10(9)12-14-15-16-17(12)11(13(18)19)7-8-20-2/h3-6,11H,7-8H2,1-2H3,(H,18,19). The van der Waals surface area contributed by atoms with E-state index in [4.69, 9.17) is 0 Å². The number of nitrogens with zero attached hydrogens (tertiary/aromatic N) is 4. The van der Waals surface area contributed by atoms with Crippen LogP contribution in [-0.2, 0) is 4.79 Å². The van der Waals surface area contributed by atoms with E-state index in [9.17, 15) is 9.90 Å². The molecule has 0 aliphatic heterocycles. The number of hydrogen-bond acceptors (Lipinski definition) is 5. The molecule has 0 aliphatic rings. The first-order valence-corrected chi connectivity index (χ1v) is 7.60. The second-order valence-corrected chi connectivity index (χ2v) is 5.38. The maximum atomic E-state index is 11.4. The molecule has 0 bridgehead atoms. The number of hydrogen-bond donors (Lipinski definition) is 1. The fraction of sp³-hybridized carbons (Fsp3) is 0.385. The second-order valence-electron chi connectivity index (χ2n) is 4.40. The maximum absolute atomic E-state index is 11.4. The summed E-state index contributed by atoms with van der Waals surface area (Å²) in [6, 6.07) is 6.91. The lowest BCUT2D eigenvalue weighted by atomic mass is 10.1. The van der Waals surface area contributed by atoms with E-state index in [0.29, 0.717) is 12.2 Å². The summed E-state index contributed by atoms with van der Waals surface area (Å²) >= 11 is 1.60. The SMILES string of the molecule is CSCCC(C(=O)O)n1nnnc1-c1ccccc1C. The molecule has 106 valence electrons. The van der Waals surface area contributed by atoms with Crippen molar-refractivity contribution in [3.8, 4) is 11.4 Å². The van der Waals surface area contributed by atoms with Gasteiger partial charge in [-0.3, -0.25) is 0 Å². The summed E-state index contributed by atoms with van der Waals surface area (Å²) < 4.78 is 1.40. The summed E-state index contributed by atoms with van der Waals surface area (Å²) in [4.78, 5) is 11.4. The van der Waals surface area contributed by atoms with Crippen LogP contribution in [0.3, 0.4) is 0 Å². The van der Waals surface area contributed by atoms with E-state index >= 15 is 0 Å². The Kier molecular flexibility index (Phi) is 4.73. The van der Waals surface area contributed by atoms with Gasteiger partial charge in [-0.2, -0.15) is 11.8 Å². The lowest BCUT2D eigenvalue weighted by molar-refractivity contribution is -0.141. The van der Waals surface area contributed by atoms with Crippen LogP contribution in [0.4, 0.5) is 0 Å². The van der Waals surface area contributed by atoms with Crippen LogP contribution in [0.2, 0.25) is 0 Å².